The molecule has 0 radical (unpaired) electrons. The summed E-state index contributed by atoms with van der Waals surface area (Å²) in [5, 5.41) is 23.8. The summed E-state index contributed by atoms with van der Waals surface area (Å²) in [6.07, 6.45) is 9.09. The molecule has 0 rings (SSSR count). The molecule has 0 heterocycles. The SMILES string of the molecule is CC.CCC(CC)(CCO)C(=O)NC(CCSC)C(=O)O.CCC(CC)CCNC(=O)CCC(C)C. The van der Waals surface area contributed by atoms with Gasteiger partial charge in [-0.05, 0) is 62.4 Å². The number of hydrogen-bond donors (Lipinski definition) is 4. The Labute approximate surface area is 226 Å². The third kappa shape index (κ3) is 18.9. The van der Waals surface area contributed by atoms with Crippen LogP contribution in [-0.2, 0) is 14.4 Å². The van der Waals surface area contributed by atoms with E-state index in [2.05, 4.69) is 38.3 Å². The van der Waals surface area contributed by atoms with Crippen molar-refractivity contribution < 1.29 is 24.6 Å². The Bertz CT molecular complexity index is 550. The molecular weight excluding hydrogens is 476 g/mol. The van der Waals surface area contributed by atoms with Gasteiger partial charge >= 0.3 is 5.97 Å². The number of carboxylic acids is 1. The smallest absolute Gasteiger partial charge is 0.326 e. The molecule has 7 nitrogen and oxygen atoms in total. The van der Waals surface area contributed by atoms with Crippen LogP contribution in [-0.4, -0.2) is 59.2 Å². The van der Waals surface area contributed by atoms with Gasteiger partial charge in [-0.15, -0.1) is 0 Å². The van der Waals surface area contributed by atoms with E-state index in [-0.39, 0.29) is 18.4 Å². The van der Waals surface area contributed by atoms with Crippen molar-refractivity contribution in [3.05, 3.63) is 0 Å². The summed E-state index contributed by atoms with van der Waals surface area (Å²) < 4.78 is 0. The van der Waals surface area contributed by atoms with Gasteiger partial charge in [-0.2, -0.15) is 11.8 Å². The van der Waals surface area contributed by atoms with E-state index in [1.807, 2.05) is 34.0 Å². The molecule has 0 aromatic heterocycles. The average molecular weight is 535 g/mol. The number of nitrogens with one attached hydrogen (secondary N) is 2. The largest absolute Gasteiger partial charge is 0.480 e. The molecule has 0 spiro atoms. The predicted octanol–water partition coefficient (Wildman–Crippen LogP) is 5.89. The van der Waals surface area contributed by atoms with Crippen molar-refractivity contribution in [3.63, 3.8) is 0 Å². The molecule has 36 heavy (non-hydrogen) atoms. The summed E-state index contributed by atoms with van der Waals surface area (Å²) in [5.74, 6) is 1.02. The van der Waals surface area contributed by atoms with Crippen molar-refractivity contribution in [2.75, 3.05) is 25.2 Å². The molecule has 4 N–H and O–H groups in total. The second kappa shape index (κ2) is 25.4. The van der Waals surface area contributed by atoms with Gasteiger partial charge < -0.3 is 20.8 Å². The molecule has 0 aliphatic heterocycles. The number of carboxylic acid groups (broad SMARTS) is 1. The molecule has 2 amide bonds. The maximum Gasteiger partial charge on any atom is 0.326 e. The molecule has 8 heteroatoms. The van der Waals surface area contributed by atoms with Crippen LogP contribution < -0.4 is 10.6 Å². The lowest BCUT2D eigenvalue weighted by molar-refractivity contribution is -0.144. The first-order valence-corrected chi connectivity index (χ1v) is 15.4. The second-order valence-corrected chi connectivity index (χ2v) is 10.3. The fraction of sp³-hybridized carbons (Fsp3) is 0.893. The van der Waals surface area contributed by atoms with Crippen molar-refractivity contribution in [1.82, 2.24) is 10.6 Å². The first kappa shape index (κ1) is 39.2. The van der Waals surface area contributed by atoms with E-state index < -0.39 is 17.4 Å². The molecule has 216 valence electrons. The first-order valence-electron chi connectivity index (χ1n) is 14.0. The van der Waals surface area contributed by atoms with Crippen LogP contribution in [0.2, 0.25) is 0 Å². The number of hydrogen-bond acceptors (Lipinski definition) is 5. The fourth-order valence-corrected chi connectivity index (χ4v) is 4.15. The van der Waals surface area contributed by atoms with E-state index in [1.54, 1.807) is 11.8 Å². The number of aliphatic hydroxyl groups is 1. The molecule has 0 fully saturated rings. The highest BCUT2D eigenvalue weighted by atomic mass is 32.2. The first-order chi connectivity index (χ1) is 17.1. The zero-order valence-electron chi connectivity index (χ0n) is 24.7. The molecule has 0 aliphatic rings. The molecule has 0 aliphatic carbocycles. The van der Waals surface area contributed by atoms with Crippen molar-refractivity contribution in [2.24, 2.45) is 17.3 Å². The number of carbonyl (C=O) groups excluding carboxylic acids is 2. The standard InChI is InChI=1S/C13H25NO4S.C13H27NO.C2H6/c1-4-13(5-2,7-8-15)12(18)14-10(11(16)17)6-9-19-3;1-5-12(6-2)9-10-14-13(15)8-7-11(3)4;1-2/h10,15H,4-9H2,1-3H3,(H,14,18)(H,16,17);11-12H,5-10H2,1-4H3,(H,14,15);1-2H3. The lowest BCUT2D eigenvalue weighted by Crippen LogP contribution is -2.48. The van der Waals surface area contributed by atoms with E-state index in [0.29, 0.717) is 43.8 Å². The summed E-state index contributed by atoms with van der Waals surface area (Å²) >= 11 is 1.55. The lowest BCUT2D eigenvalue weighted by atomic mass is 9.78. The molecule has 0 aromatic rings. The zero-order valence-corrected chi connectivity index (χ0v) is 25.6. The van der Waals surface area contributed by atoms with Crippen LogP contribution in [0.15, 0.2) is 0 Å². The number of aliphatic carboxylic acids is 1. The molecule has 0 saturated heterocycles. The third-order valence-electron chi connectivity index (χ3n) is 6.62. The summed E-state index contributed by atoms with van der Waals surface area (Å²) in [7, 11) is 0. The van der Waals surface area contributed by atoms with Gasteiger partial charge in [-0.25, -0.2) is 4.79 Å². The quantitative estimate of drug-likeness (QED) is 0.174. The van der Waals surface area contributed by atoms with Gasteiger partial charge in [0.15, 0.2) is 0 Å². The Morgan fingerprint density at radius 2 is 1.50 bits per heavy atom. The minimum Gasteiger partial charge on any atom is -0.480 e. The van der Waals surface area contributed by atoms with E-state index in [1.165, 1.54) is 12.8 Å². The fourth-order valence-electron chi connectivity index (χ4n) is 3.68. The highest BCUT2D eigenvalue weighted by molar-refractivity contribution is 7.98. The minimum absolute atomic E-state index is 0.0718. The summed E-state index contributed by atoms with van der Waals surface area (Å²) in [4.78, 5) is 34.8. The van der Waals surface area contributed by atoms with Gasteiger partial charge in [0.05, 0.1) is 5.41 Å². The lowest BCUT2D eigenvalue weighted by Gasteiger charge is -2.31. The van der Waals surface area contributed by atoms with Gasteiger partial charge in [-0.1, -0.05) is 68.2 Å². The van der Waals surface area contributed by atoms with E-state index in [0.717, 1.165) is 25.3 Å². The Morgan fingerprint density at radius 1 is 0.944 bits per heavy atom. The zero-order chi connectivity index (χ0) is 28.6. The maximum atomic E-state index is 12.3. The molecule has 0 saturated carbocycles. The molecule has 0 bridgehead atoms. The van der Waals surface area contributed by atoms with Crippen LogP contribution in [0.3, 0.4) is 0 Å². The highest BCUT2D eigenvalue weighted by Gasteiger charge is 2.36. The van der Waals surface area contributed by atoms with Gasteiger partial charge in [0.2, 0.25) is 11.8 Å². The van der Waals surface area contributed by atoms with Gasteiger partial charge in [-0.3, -0.25) is 9.59 Å². The molecular formula is C28H58N2O5S. The van der Waals surface area contributed by atoms with Gasteiger partial charge in [0.25, 0.3) is 0 Å². The minimum atomic E-state index is -1.01. The highest BCUT2D eigenvalue weighted by Crippen LogP contribution is 2.30. The van der Waals surface area contributed by atoms with Crippen LogP contribution >= 0.6 is 11.8 Å². The van der Waals surface area contributed by atoms with Crippen LogP contribution in [0.5, 0.6) is 0 Å². The molecule has 1 atom stereocenters. The van der Waals surface area contributed by atoms with Gasteiger partial charge in [0, 0.05) is 19.6 Å². The van der Waals surface area contributed by atoms with Crippen molar-refractivity contribution in [2.45, 2.75) is 119 Å². The Morgan fingerprint density at radius 3 is 1.89 bits per heavy atom. The van der Waals surface area contributed by atoms with Crippen molar-refractivity contribution >= 4 is 29.5 Å². The van der Waals surface area contributed by atoms with E-state index >= 15 is 0 Å². The van der Waals surface area contributed by atoms with Crippen LogP contribution in [0.1, 0.15) is 113 Å². The summed E-state index contributed by atoms with van der Waals surface area (Å²) in [5.41, 5.74) is -0.665. The summed E-state index contributed by atoms with van der Waals surface area (Å²) in [6.45, 7) is 17.3. The number of rotatable bonds is 18. The monoisotopic (exact) mass is 534 g/mol. The number of aliphatic hydroxyl groups excluding tert-OH is 1. The number of carbonyl (C=O) groups is 3. The summed E-state index contributed by atoms with van der Waals surface area (Å²) in [6, 6.07) is -0.851. The van der Waals surface area contributed by atoms with E-state index in [4.69, 9.17) is 10.2 Å². The Hall–Kier alpha value is -1.28. The van der Waals surface area contributed by atoms with Crippen LogP contribution in [0.25, 0.3) is 0 Å². The normalized spacial score (nSPS) is 11.7. The van der Waals surface area contributed by atoms with E-state index in [9.17, 15) is 14.4 Å². The van der Waals surface area contributed by atoms with Crippen LogP contribution in [0, 0.1) is 17.3 Å². The third-order valence-corrected chi connectivity index (χ3v) is 7.26. The predicted molar refractivity (Wildman–Crippen MR) is 154 cm³/mol. The average Bonchev–Trinajstić information content (AvgIpc) is 2.87. The number of amides is 2. The molecule has 0 aromatic carbocycles. The second-order valence-electron chi connectivity index (χ2n) is 9.36. The Kier molecular flexibility index (Phi) is 27.7. The maximum absolute atomic E-state index is 12.3. The van der Waals surface area contributed by atoms with Crippen molar-refractivity contribution in [1.29, 1.82) is 0 Å². The van der Waals surface area contributed by atoms with Crippen molar-refractivity contribution in [3.8, 4) is 0 Å². The topological polar surface area (TPSA) is 116 Å². The Balaban J connectivity index is -0.000000579. The number of thioether (sulfide) groups is 1. The van der Waals surface area contributed by atoms with Crippen LogP contribution in [0.4, 0.5) is 0 Å². The molecule has 1 unspecified atom stereocenters. The van der Waals surface area contributed by atoms with Gasteiger partial charge in [0.1, 0.15) is 6.04 Å².